The maximum absolute atomic E-state index is 10.1. The van der Waals surface area contributed by atoms with Crippen LogP contribution in [0.15, 0.2) is 91.1 Å². The summed E-state index contributed by atoms with van der Waals surface area (Å²) in [5.74, 6) is 1.79. The number of aromatic amines is 3. The van der Waals surface area contributed by atoms with Crippen molar-refractivity contribution in [2.45, 2.75) is 19.8 Å². The number of nitrogens with one attached hydrogen (secondary N) is 3. The van der Waals surface area contributed by atoms with Crippen molar-refractivity contribution in [2.24, 2.45) is 0 Å². The highest BCUT2D eigenvalue weighted by atomic mass is 32.1. The second-order valence-corrected chi connectivity index (χ2v) is 12.0. The monoisotopic (exact) mass is 659 g/mol. The molecule has 0 fully saturated rings. The first-order chi connectivity index (χ1) is 22.7. The summed E-state index contributed by atoms with van der Waals surface area (Å²) in [6.45, 7) is 4.14. The van der Waals surface area contributed by atoms with Crippen molar-refractivity contribution in [2.75, 3.05) is 0 Å². The second-order valence-electron chi connectivity index (χ2n) is 11.2. The molecule has 3 aromatic heterocycles. The van der Waals surface area contributed by atoms with Crippen LogP contribution in [0.4, 0.5) is 0 Å². The Bertz CT molecular complexity index is 2450. The molecule has 234 valence electrons. The number of fused-ring (bicyclic) bond motifs is 2. The number of aromatic nitrogens is 7. The topological polar surface area (TPSA) is 144 Å². The summed E-state index contributed by atoms with van der Waals surface area (Å²) in [5.41, 5.74) is 7.69. The molecule has 0 aliphatic heterocycles. The molecular weight excluding hydrogens is 631 g/mol. The second kappa shape index (κ2) is 11.9. The Kier molecular flexibility index (Phi) is 7.58. The quantitative estimate of drug-likeness (QED) is 0.104. The van der Waals surface area contributed by atoms with E-state index in [0.29, 0.717) is 26.8 Å². The van der Waals surface area contributed by atoms with Crippen LogP contribution < -0.4 is 0 Å². The van der Waals surface area contributed by atoms with Gasteiger partial charge in [-0.25, -0.2) is 0 Å². The highest BCUT2D eigenvalue weighted by Gasteiger charge is 2.21. The first-order valence-corrected chi connectivity index (χ1v) is 15.6. The van der Waals surface area contributed by atoms with Crippen molar-refractivity contribution in [3.63, 3.8) is 0 Å². The van der Waals surface area contributed by atoms with E-state index in [0.717, 1.165) is 39.2 Å². The molecule has 0 radical (unpaired) electrons. The van der Waals surface area contributed by atoms with Gasteiger partial charge in [-0.15, -0.1) is 0 Å². The molecule has 47 heavy (non-hydrogen) atoms. The summed E-state index contributed by atoms with van der Waals surface area (Å²) >= 11 is 10.9. The van der Waals surface area contributed by atoms with Crippen molar-refractivity contribution >= 4 is 41.4 Å². The third-order valence-electron chi connectivity index (χ3n) is 8.23. The van der Waals surface area contributed by atoms with Crippen molar-refractivity contribution in [3.8, 4) is 51.4 Å². The molecule has 8 rings (SSSR count). The number of aryl methyl sites for hydroxylation is 1. The average Bonchev–Trinajstić information content (AvgIpc) is 3.85. The zero-order valence-electron chi connectivity index (χ0n) is 25.3. The van der Waals surface area contributed by atoms with Crippen LogP contribution in [0, 0.1) is 16.5 Å². The third-order valence-corrected chi connectivity index (χ3v) is 8.78. The number of H-pyrrole nitrogens is 3. The average molecular weight is 660 g/mol. The predicted octanol–water partition coefficient (Wildman–Crippen LogP) is 8.23. The number of rotatable bonds is 4. The van der Waals surface area contributed by atoms with E-state index in [-0.39, 0.29) is 17.2 Å². The van der Waals surface area contributed by atoms with Crippen LogP contribution in [-0.2, 0) is 0 Å². The molecule has 1 unspecified atom stereocenters. The number of aromatic hydroxyl groups is 3. The van der Waals surface area contributed by atoms with Gasteiger partial charge in [0.2, 0.25) is 0 Å². The van der Waals surface area contributed by atoms with Gasteiger partial charge in [-0.1, -0.05) is 37.3 Å². The van der Waals surface area contributed by atoms with Crippen LogP contribution in [0.5, 0.6) is 17.2 Å². The molecule has 4 aromatic carbocycles. The van der Waals surface area contributed by atoms with Gasteiger partial charge in [-0.05, 0) is 103 Å². The Balaban J connectivity index is 0.000000150. The molecule has 0 saturated carbocycles. The molecule has 0 bridgehead atoms. The smallest absolute Gasteiger partial charge is 0.200 e. The minimum Gasteiger partial charge on any atom is -0.508 e. The number of allylic oxidation sites excluding steroid dienone is 1. The number of hydrogen-bond acceptors (Lipinski definition) is 7. The fourth-order valence-corrected chi connectivity index (χ4v) is 6.42. The lowest BCUT2D eigenvalue weighted by Crippen LogP contribution is -2.02. The standard InChI is InChI=1S/C19H17N3OS.C16H12N4O2S/c1-11-6-8-16-14(11)4-3-5-17(16)22-18(20-21-19(22)24)15-9-7-13(23)10-12(15)2;21-9-4-5-11(14(22)8-9)15-18-19-16(23)20(15)13-3-1-2-12-10(13)6-7-17-12/h3-11,23H,1-2H3,(H,21,24);1-8,17,21-22H,(H,19,23). The Labute approximate surface area is 278 Å². The van der Waals surface area contributed by atoms with Crippen molar-refractivity contribution in [3.05, 3.63) is 117 Å². The Morgan fingerprint density at radius 1 is 0.745 bits per heavy atom. The molecule has 0 amide bonds. The lowest BCUT2D eigenvalue weighted by atomic mass is 10.0. The van der Waals surface area contributed by atoms with E-state index in [1.54, 1.807) is 22.8 Å². The molecule has 0 saturated heterocycles. The molecule has 0 spiro atoms. The third kappa shape index (κ3) is 5.33. The Hall–Kier alpha value is -5.72. The molecule has 10 nitrogen and oxygen atoms in total. The molecule has 1 aliphatic rings. The summed E-state index contributed by atoms with van der Waals surface area (Å²) in [6.07, 6.45) is 6.20. The number of hydrogen-bond donors (Lipinski definition) is 6. The maximum atomic E-state index is 10.1. The van der Waals surface area contributed by atoms with E-state index in [4.69, 9.17) is 24.4 Å². The molecule has 1 aliphatic carbocycles. The van der Waals surface area contributed by atoms with E-state index in [2.05, 4.69) is 62.7 Å². The number of nitrogens with zero attached hydrogens (tertiary/aromatic N) is 4. The zero-order valence-corrected chi connectivity index (χ0v) is 26.9. The van der Waals surface area contributed by atoms with Crippen molar-refractivity contribution in [1.29, 1.82) is 0 Å². The van der Waals surface area contributed by atoms with Crippen molar-refractivity contribution < 1.29 is 15.3 Å². The van der Waals surface area contributed by atoms with Gasteiger partial charge in [-0.3, -0.25) is 19.3 Å². The van der Waals surface area contributed by atoms with E-state index in [9.17, 15) is 15.3 Å². The Morgan fingerprint density at radius 3 is 2.11 bits per heavy atom. The molecule has 12 heteroatoms. The number of phenolic OH excluding ortho intramolecular Hbond substituents is 3. The van der Waals surface area contributed by atoms with Crippen LogP contribution in [0.25, 0.3) is 51.1 Å². The van der Waals surface area contributed by atoms with Crippen LogP contribution >= 0.6 is 24.4 Å². The fraction of sp³-hybridized carbons (Fsp3) is 0.0857. The predicted molar refractivity (Wildman–Crippen MR) is 187 cm³/mol. The SMILES string of the molecule is Cc1cc(O)ccc1-c1n[nH]c(=S)n1-c1cccc2c1C=CC2C.Oc1ccc(-c2n[nH]c(=S)n2-c2cccc3[nH]ccc23)c(O)c1. The van der Waals surface area contributed by atoms with Crippen LogP contribution in [0.3, 0.4) is 0 Å². The van der Waals surface area contributed by atoms with Crippen LogP contribution in [0.1, 0.15) is 29.5 Å². The Morgan fingerprint density at radius 2 is 1.38 bits per heavy atom. The van der Waals surface area contributed by atoms with Gasteiger partial charge < -0.3 is 20.3 Å². The van der Waals surface area contributed by atoms with E-state index >= 15 is 0 Å². The normalized spacial score (nSPS) is 13.4. The number of phenols is 3. The highest BCUT2D eigenvalue weighted by molar-refractivity contribution is 7.71. The molecular formula is C35H29N7O3S2. The van der Waals surface area contributed by atoms with Gasteiger partial charge in [0.05, 0.1) is 16.9 Å². The summed E-state index contributed by atoms with van der Waals surface area (Å²) < 4.78 is 4.70. The van der Waals surface area contributed by atoms with Gasteiger partial charge in [0.25, 0.3) is 0 Å². The van der Waals surface area contributed by atoms with E-state index in [1.807, 2.05) is 48.0 Å². The highest BCUT2D eigenvalue weighted by Crippen LogP contribution is 2.36. The van der Waals surface area contributed by atoms with Gasteiger partial charge in [0.1, 0.15) is 17.2 Å². The van der Waals surface area contributed by atoms with Gasteiger partial charge in [0, 0.05) is 34.3 Å². The lowest BCUT2D eigenvalue weighted by molar-refractivity contribution is 0.451. The molecule has 6 N–H and O–H groups in total. The molecule has 1 atom stereocenters. The first-order valence-electron chi connectivity index (χ1n) is 14.8. The van der Waals surface area contributed by atoms with Crippen molar-refractivity contribution in [1.82, 2.24) is 34.5 Å². The van der Waals surface area contributed by atoms with E-state index in [1.165, 1.54) is 23.3 Å². The maximum Gasteiger partial charge on any atom is 0.200 e. The summed E-state index contributed by atoms with van der Waals surface area (Å²) in [5, 5.41) is 44.6. The largest absolute Gasteiger partial charge is 0.508 e. The molecule has 7 aromatic rings. The summed E-state index contributed by atoms with van der Waals surface area (Å²) in [4.78, 5) is 3.16. The number of benzene rings is 4. The minimum absolute atomic E-state index is 0.0142. The lowest BCUT2D eigenvalue weighted by Gasteiger charge is -2.13. The first kappa shape index (κ1) is 30.0. The fourth-order valence-electron chi connectivity index (χ4n) is 5.96. The molecule has 3 heterocycles. The zero-order chi connectivity index (χ0) is 32.8. The minimum atomic E-state index is -0.0681. The summed E-state index contributed by atoms with van der Waals surface area (Å²) in [7, 11) is 0. The van der Waals surface area contributed by atoms with Crippen LogP contribution in [-0.4, -0.2) is 49.8 Å². The van der Waals surface area contributed by atoms with Gasteiger partial charge in [0.15, 0.2) is 21.2 Å². The van der Waals surface area contributed by atoms with Crippen LogP contribution in [0.2, 0.25) is 0 Å². The van der Waals surface area contributed by atoms with Gasteiger partial charge in [-0.2, -0.15) is 10.2 Å². The van der Waals surface area contributed by atoms with E-state index < -0.39 is 0 Å². The van der Waals surface area contributed by atoms with Gasteiger partial charge >= 0.3 is 0 Å². The summed E-state index contributed by atoms with van der Waals surface area (Å²) in [6, 6.07) is 23.7.